The Hall–Kier alpha value is -5.33. The molecule has 0 radical (unpaired) electrons. The molecule has 0 spiro atoms. The van der Waals surface area contributed by atoms with E-state index in [-0.39, 0.29) is 0 Å². The van der Waals surface area contributed by atoms with Gasteiger partial charge in [0.25, 0.3) is 0 Å². The number of nitrogens with two attached hydrogens (primary N) is 2. The first-order chi connectivity index (χ1) is 27.6. The number of rotatable bonds is 15. The maximum Gasteiger partial charge on any atom is 0.0474 e. The minimum absolute atomic E-state index is 0.591. The molecule has 0 aliphatic carbocycles. The van der Waals surface area contributed by atoms with Crippen molar-refractivity contribution in [3.05, 3.63) is 250 Å². The van der Waals surface area contributed by atoms with Crippen LogP contribution in [-0.2, 0) is 58.2 Å². The molecule has 7 rings (SSSR count). The van der Waals surface area contributed by atoms with Gasteiger partial charge < -0.3 is 11.5 Å². The van der Waals surface area contributed by atoms with Gasteiger partial charge in [-0.2, -0.15) is 0 Å². The Bertz CT molecular complexity index is 1850. The Morgan fingerprint density at radius 3 is 0.786 bits per heavy atom. The van der Waals surface area contributed by atoms with Gasteiger partial charge in [0.1, 0.15) is 0 Å². The predicted octanol–water partition coefficient (Wildman–Crippen LogP) is 11.1. The van der Waals surface area contributed by atoms with Gasteiger partial charge in [0.05, 0.1) is 0 Å². The third-order valence-corrected chi connectivity index (χ3v) is 9.57. The molecular weight excluding hydrogens is 704 g/mol. The molecule has 7 aromatic rings. The third-order valence-electron chi connectivity index (χ3n) is 9.26. The van der Waals surface area contributed by atoms with Crippen molar-refractivity contribution in [1.29, 1.82) is 0 Å². The molecule has 4 N–H and O–H groups in total. The van der Waals surface area contributed by atoms with Gasteiger partial charge in [0.2, 0.25) is 0 Å². The summed E-state index contributed by atoms with van der Waals surface area (Å²) in [6.45, 7) is 6.70. The number of alkyl halides is 1. The fraction of sp³-hybridized carbons (Fsp3) is 0.176. The predicted molar refractivity (Wildman–Crippen MR) is 236 cm³/mol. The van der Waals surface area contributed by atoms with E-state index in [2.05, 4.69) is 155 Å². The lowest BCUT2D eigenvalue weighted by Gasteiger charge is -2.25. The van der Waals surface area contributed by atoms with Crippen molar-refractivity contribution < 1.29 is 0 Å². The van der Waals surface area contributed by atoms with E-state index in [1.54, 1.807) is 0 Å². The molecule has 0 fully saturated rings. The molecule has 286 valence electrons. The van der Waals surface area contributed by atoms with Crippen LogP contribution in [0.1, 0.15) is 50.1 Å². The first kappa shape index (κ1) is 41.8. The highest BCUT2D eigenvalue weighted by Gasteiger charge is 2.12. The molecule has 0 saturated heterocycles. The largest absolute Gasteiger partial charge is 0.326 e. The van der Waals surface area contributed by atoms with Gasteiger partial charge >= 0.3 is 0 Å². The highest BCUT2D eigenvalue weighted by atomic mass is 35.5. The van der Waals surface area contributed by atoms with Gasteiger partial charge in [-0.25, -0.2) is 0 Å². The van der Waals surface area contributed by atoms with Crippen LogP contribution in [0.3, 0.4) is 0 Å². The zero-order valence-electron chi connectivity index (χ0n) is 32.3. The normalized spacial score (nSPS) is 10.7. The summed E-state index contributed by atoms with van der Waals surface area (Å²) >= 11 is 5.53. The summed E-state index contributed by atoms with van der Waals surface area (Å²) in [4.78, 5) is 5.07. The highest BCUT2D eigenvalue weighted by molar-refractivity contribution is 6.17. The molecule has 0 bridgehead atoms. The molecule has 4 nitrogen and oxygen atoms in total. The van der Waals surface area contributed by atoms with Crippen LogP contribution in [0.15, 0.2) is 200 Å². The lowest BCUT2D eigenvalue weighted by Crippen LogP contribution is -2.23. The molecule has 0 atom stereocenters. The van der Waals surface area contributed by atoms with Gasteiger partial charge in [-0.15, -0.1) is 11.6 Å². The SMILES string of the molecule is ClCc1ccccc1.NCc1cccc(CN)c1.c1ccc(CN(Cc2ccccc2)Cc2cccc(CN(Cc3ccccc3)Cc3ccccc3)c2)cc1. The summed E-state index contributed by atoms with van der Waals surface area (Å²) in [6.07, 6.45) is 0. The summed E-state index contributed by atoms with van der Waals surface area (Å²) < 4.78 is 0. The molecule has 7 aromatic carbocycles. The van der Waals surface area contributed by atoms with E-state index in [1.807, 2.05) is 54.6 Å². The maximum atomic E-state index is 5.53. The van der Waals surface area contributed by atoms with Gasteiger partial charge in [0.15, 0.2) is 0 Å². The van der Waals surface area contributed by atoms with Crippen molar-refractivity contribution in [3.63, 3.8) is 0 Å². The Balaban J connectivity index is 0.000000272. The van der Waals surface area contributed by atoms with E-state index in [0.717, 1.165) is 50.4 Å². The summed E-state index contributed by atoms with van der Waals surface area (Å²) in [6, 6.07) is 70.3. The van der Waals surface area contributed by atoms with Gasteiger partial charge in [0, 0.05) is 58.2 Å². The van der Waals surface area contributed by atoms with E-state index in [9.17, 15) is 0 Å². The topological polar surface area (TPSA) is 58.5 Å². The average Bonchev–Trinajstić information content (AvgIpc) is 3.26. The van der Waals surface area contributed by atoms with Crippen molar-refractivity contribution in [2.24, 2.45) is 11.5 Å². The smallest absolute Gasteiger partial charge is 0.0474 e. The lowest BCUT2D eigenvalue weighted by molar-refractivity contribution is 0.243. The first-order valence-electron chi connectivity index (χ1n) is 19.4. The van der Waals surface area contributed by atoms with E-state index in [0.29, 0.717) is 19.0 Å². The molecule has 56 heavy (non-hydrogen) atoms. The van der Waals surface area contributed by atoms with Gasteiger partial charge in [-0.05, 0) is 50.1 Å². The van der Waals surface area contributed by atoms with E-state index < -0.39 is 0 Å². The van der Waals surface area contributed by atoms with Crippen LogP contribution < -0.4 is 11.5 Å². The van der Waals surface area contributed by atoms with Crippen molar-refractivity contribution in [3.8, 4) is 0 Å². The zero-order chi connectivity index (χ0) is 39.0. The quantitative estimate of drug-likeness (QED) is 0.102. The molecule has 0 aliphatic rings. The second-order valence-electron chi connectivity index (χ2n) is 13.9. The fourth-order valence-corrected chi connectivity index (χ4v) is 6.67. The van der Waals surface area contributed by atoms with Crippen LogP contribution in [0.2, 0.25) is 0 Å². The third kappa shape index (κ3) is 15.4. The highest BCUT2D eigenvalue weighted by Crippen LogP contribution is 2.19. The fourth-order valence-electron chi connectivity index (χ4n) is 6.50. The minimum Gasteiger partial charge on any atom is -0.326 e. The standard InChI is InChI=1S/C36H36N2.C8H12N2.C7H7Cl/c1-5-14-31(15-6-1)25-37(26-32-16-7-2-8-17-32)29-35-22-13-23-36(24-35)30-38(27-33-18-9-3-10-19-33)28-34-20-11-4-12-21-34;9-5-7-2-1-3-8(4-7)6-10;8-6-7-4-2-1-3-5-7/h1-24H,25-30H2;1-4H,5-6,9-10H2;1-5H,6H2. The number of nitrogens with zero attached hydrogens (tertiary/aromatic N) is 2. The van der Waals surface area contributed by atoms with E-state index in [4.69, 9.17) is 23.1 Å². The van der Waals surface area contributed by atoms with Crippen molar-refractivity contribution in [1.82, 2.24) is 9.80 Å². The van der Waals surface area contributed by atoms with Gasteiger partial charge in [-0.3, -0.25) is 9.80 Å². The Kier molecular flexibility index (Phi) is 18.1. The molecule has 0 amide bonds. The summed E-state index contributed by atoms with van der Waals surface area (Å²) in [7, 11) is 0. The van der Waals surface area contributed by atoms with Crippen molar-refractivity contribution >= 4 is 11.6 Å². The van der Waals surface area contributed by atoms with E-state index in [1.165, 1.54) is 38.9 Å². The van der Waals surface area contributed by atoms with Gasteiger partial charge in [-0.1, -0.05) is 200 Å². The summed E-state index contributed by atoms with van der Waals surface area (Å²) in [5, 5.41) is 0. The monoisotopic (exact) mass is 758 g/mol. The second-order valence-corrected chi connectivity index (χ2v) is 14.2. The average molecular weight is 759 g/mol. The lowest BCUT2D eigenvalue weighted by atomic mass is 10.1. The van der Waals surface area contributed by atoms with Crippen LogP contribution in [-0.4, -0.2) is 9.80 Å². The van der Waals surface area contributed by atoms with Crippen LogP contribution in [0.4, 0.5) is 0 Å². The van der Waals surface area contributed by atoms with Crippen LogP contribution in [0, 0.1) is 0 Å². The summed E-state index contributed by atoms with van der Waals surface area (Å²) in [5.74, 6) is 0.612. The molecule has 0 unspecified atom stereocenters. The molecule has 0 aromatic heterocycles. The molecule has 0 saturated carbocycles. The number of benzene rings is 7. The van der Waals surface area contributed by atoms with Crippen LogP contribution in [0.5, 0.6) is 0 Å². The number of hydrogen-bond donors (Lipinski definition) is 2. The van der Waals surface area contributed by atoms with Crippen molar-refractivity contribution in [2.45, 2.75) is 58.2 Å². The summed E-state index contributed by atoms with van der Waals surface area (Å²) in [5.41, 5.74) is 22.4. The minimum atomic E-state index is 0.591. The van der Waals surface area contributed by atoms with Crippen LogP contribution >= 0.6 is 11.6 Å². The second kappa shape index (κ2) is 24.2. The first-order valence-corrected chi connectivity index (χ1v) is 19.9. The zero-order valence-corrected chi connectivity index (χ0v) is 33.1. The number of halogens is 1. The van der Waals surface area contributed by atoms with Crippen LogP contribution in [0.25, 0.3) is 0 Å². The number of hydrogen-bond acceptors (Lipinski definition) is 4. The molecule has 5 heteroatoms. The Labute approximate surface area is 340 Å². The molecular formula is C51H55ClN4. The molecule has 0 aliphatic heterocycles. The molecule has 0 heterocycles. The van der Waals surface area contributed by atoms with Crippen molar-refractivity contribution in [2.75, 3.05) is 0 Å². The van der Waals surface area contributed by atoms with E-state index >= 15 is 0 Å². The maximum absolute atomic E-state index is 5.53. The Morgan fingerprint density at radius 2 is 0.518 bits per heavy atom. The Morgan fingerprint density at radius 1 is 0.286 bits per heavy atom.